The van der Waals surface area contributed by atoms with Crippen LogP contribution in [0.15, 0.2) is 0 Å². The van der Waals surface area contributed by atoms with Crippen molar-refractivity contribution in [2.45, 2.75) is 45.2 Å². The molecular weight excluding hydrogens is 356 g/mol. The van der Waals surface area contributed by atoms with Crippen LogP contribution in [-0.2, 0) is 14.8 Å². The van der Waals surface area contributed by atoms with Gasteiger partial charge in [0.1, 0.15) is 0 Å². The Morgan fingerprint density at radius 2 is 1.77 bits per heavy atom. The summed E-state index contributed by atoms with van der Waals surface area (Å²) in [6.07, 6.45) is 3.57. The van der Waals surface area contributed by atoms with Gasteiger partial charge < -0.3 is 15.4 Å². The summed E-state index contributed by atoms with van der Waals surface area (Å²) < 4.78 is 30.0. The monoisotopic (exact) mass is 390 g/mol. The maximum Gasteiger partial charge on any atom is 0.315 e. The molecule has 9 heteroatoms. The molecule has 2 rings (SSSR count). The molecule has 2 fully saturated rings. The summed E-state index contributed by atoms with van der Waals surface area (Å²) in [5, 5.41) is 6.00. The fraction of sp³-hybridized carbons (Fsp3) is 0.941. The molecule has 0 radical (unpaired) electrons. The van der Waals surface area contributed by atoms with E-state index in [1.807, 2.05) is 0 Å². The van der Waals surface area contributed by atoms with Crippen LogP contribution in [0, 0.1) is 5.92 Å². The predicted molar refractivity (Wildman–Crippen MR) is 102 cm³/mol. The molecule has 2 amide bonds. The number of sulfonamides is 1. The van der Waals surface area contributed by atoms with Gasteiger partial charge in [0.05, 0.1) is 19.5 Å². The van der Waals surface area contributed by atoms with E-state index >= 15 is 0 Å². The third kappa shape index (κ3) is 7.02. The van der Waals surface area contributed by atoms with E-state index < -0.39 is 10.0 Å². The zero-order valence-corrected chi connectivity index (χ0v) is 17.1. The van der Waals surface area contributed by atoms with Gasteiger partial charge in [0, 0.05) is 44.8 Å². The minimum Gasteiger partial charge on any atom is -0.379 e. The van der Waals surface area contributed by atoms with E-state index in [0.29, 0.717) is 44.4 Å². The quantitative estimate of drug-likeness (QED) is 0.659. The largest absolute Gasteiger partial charge is 0.379 e. The van der Waals surface area contributed by atoms with E-state index in [-0.39, 0.29) is 12.1 Å². The highest BCUT2D eigenvalue weighted by Gasteiger charge is 2.26. The van der Waals surface area contributed by atoms with Gasteiger partial charge >= 0.3 is 6.03 Å². The second-order valence-corrected chi connectivity index (χ2v) is 9.70. The molecule has 1 unspecified atom stereocenters. The lowest BCUT2D eigenvalue weighted by Gasteiger charge is -2.36. The third-order valence-corrected chi connectivity index (χ3v) is 6.37. The molecule has 2 aliphatic rings. The number of morpholine rings is 1. The highest BCUT2D eigenvalue weighted by molar-refractivity contribution is 7.88. The summed E-state index contributed by atoms with van der Waals surface area (Å²) in [5.74, 6) is 0.563. The standard InChI is InChI=1S/C17H34N4O4S/c1-14(2)12-16(20-8-10-25-11-9-20)13-18-17(22)19-15-4-6-21(7-5-15)26(3,23)24/h14-16H,4-13H2,1-3H3,(H2,18,19,22). The van der Waals surface area contributed by atoms with Crippen LogP contribution in [0.4, 0.5) is 4.79 Å². The molecule has 152 valence electrons. The zero-order valence-electron chi connectivity index (χ0n) is 16.2. The smallest absolute Gasteiger partial charge is 0.315 e. The van der Waals surface area contributed by atoms with Crippen LogP contribution < -0.4 is 10.6 Å². The van der Waals surface area contributed by atoms with Crippen LogP contribution in [0.3, 0.4) is 0 Å². The lowest BCUT2D eigenvalue weighted by atomic mass is 10.0. The van der Waals surface area contributed by atoms with Crippen molar-refractivity contribution in [3.8, 4) is 0 Å². The number of rotatable bonds is 7. The molecule has 26 heavy (non-hydrogen) atoms. The van der Waals surface area contributed by atoms with Gasteiger partial charge in [-0.25, -0.2) is 17.5 Å². The Morgan fingerprint density at radius 1 is 1.15 bits per heavy atom. The molecular formula is C17H34N4O4S. The Balaban J connectivity index is 1.75. The second kappa shape index (κ2) is 9.87. The Labute approximate surface area is 157 Å². The van der Waals surface area contributed by atoms with Gasteiger partial charge in [-0.1, -0.05) is 13.8 Å². The lowest BCUT2D eigenvalue weighted by molar-refractivity contribution is 0.0129. The van der Waals surface area contributed by atoms with E-state index in [1.54, 1.807) is 0 Å². The zero-order chi connectivity index (χ0) is 19.2. The lowest BCUT2D eigenvalue weighted by Crippen LogP contribution is -2.53. The van der Waals surface area contributed by atoms with Crippen molar-refractivity contribution in [1.82, 2.24) is 19.8 Å². The fourth-order valence-corrected chi connectivity index (χ4v) is 4.50. The molecule has 0 spiro atoms. The highest BCUT2D eigenvalue weighted by Crippen LogP contribution is 2.14. The number of amides is 2. The summed E-state index contributed by atoms with van der Waals surface area (Å²) in [6, 6.07) is 0.182. The Hall–Kier alpha value is -0.900. The van der Waals surface area contributed by atoms with E-state index in [1.165, 1.54) is 10.6 Å². The minimum atomic E-state index is -3.13. The number of nitrogens with zero attached hydrogens (tertiary/aromatic N) is 2. The average Bonchev–Trinajstić information content (AvgIpc) is 2.59. The van der Waals surface area contributed by atoms with Crippen LogP contribution in [-0.4, -0.2) is 87.9 Å². The number of hydrogen-bond donors (Lipinski definition) is 2. The molecule has 0 saturated carbocycles. The van der Waals surface area contributed by atoms with Crippen molar-refractivity contribution >= 4 is 16.1 Å². The molecule has 8 nitrogen and oxygen atoms in total. The number of nitrogens with one attached hydrogen (secondary N) is 2. The van der Waals surface area contributed by atoms with Crippen LogP contribution in [0.5, 0.6) is 0 Å². The molecule has 1 atom stereocenters. The van der Waals surface area contributed by atoms with Crippen molar-refractivity contribution in [3.63, 3.8) is 0 Å². The summed E-state index contributed by atoms with van der Waals surface area (Å²) in [5.41, 5.74) is 0. The topological polar surface area (TPSA) is 91.0 Å². The van der Waals surface area contributed by atoms with Crippen LogP contribution >= 0.6 is 0 Å². The number of hydrogen-bond acceptors (Lipinski definition) is 5. The maximum atomic E-state index is 12.3. The summed E-state index contributed by atoms with van der Waals surface area (Å²) in [7, 11) is -3.13. The highest BCUT2D eigenvalue weighted by atomic mass is 32.2. The first-order valence-electron chi connectivity index (χ1n) is 9.57. The van der Waals surface area contributed by atoms with Crippen molar-refractivity contribution in [2.75, 3.05) is 52.2 Å². The number of urea groups is 1. The van der Waals surface area contributed by atoms with Crippen LogP contribution in [0.25, 0.3) is 0 Å². The molecule has 2 N–H and O–H groups in total. The fourth-order valence-electron chi connectivity index (χ4n) is 3.63. The van der Waals surface area contributed by atoms with Gasteiger partial charge in [-0.3, -0.25) is 4.90 Å². The SMILES string of the molecule is CC(C)CC(CNC(=O)NC1CCN(S(C)(=O)=O)CC1)N1CCOCC1. The Kier molecular flexibility index (Phi) is 8.12. The molecule has 2 saturated heterocycles. The first-order chi connectivity index (χ1) is 12.3. The van der Waals surface area contributed by atoms with Crippen LogP contribution in [0.2, 0.25) is 0 Å². The minimum absolute atomic E-state index is 0.0277. The van der Waals surface area contributed by atoms with Crippen molar-refractivity contribution in [2.24, 2.45) is 5.92 Å². The third-order valence-electron chi connectivity index (χ3n) is 5.06. The van der Waals surface area contributed by atoms with Crippen molar-refractivity contribution < 1.29 is 17.9 Å². The van der Waals surface area contributed by atoms with E-state index in [0.717, 1.165) is 32.7 Å². The van der Waals surface area contributed by atoms with Gasteiger partial charge in [0.25, 0.3) is 0 Å². The van der Waals surface area contributed by atoms with Gasteiger partial charge in [-0.2, -0.15) is 0 Å². The summed E-state index contributed by atoms with van der Waals surface area (Å²) in [4.78, 5) is 14.7. The summed E-state index contributed by atoms with van der Waals surface area (Å²) in [6.45, 7) is 9.26. The maximum absolute atomic E-state index is 12.3. The van der Waals surface area contributed by atoms with Gasteiger partial charge in [-0.15, -0.1) is 0 Å². The van der Waals surface area contributed by atoms with Crippen molar-refractivity contribution in [1.29, 1.82) is 0 Å². The molecule has 0 bridgehead atoms. The molecule has 2 heterocycles. The van der Waals surface area contributed by atoms with E-state index in [4.69, 9.17) is 4.74 Å². The Bertz CT molecular complexity index is 541. The van der Waals surface area contributed by atoms with E-state index in [9.17, 15) is 13.2 Å². The van der Waals surface area contributed by atoms with Gasteiger partial charge in [0.15, 0.2) is 0 Å². The predicted octanol–water partition coefficient (Wildman–Crippen LogP) is 0.457. The Morgan fingerprint density at radius 3 is 2.31 bits per heavy atom. The summed E-state index contributed by atoms with van der Waals surface area (Å²) >= 11 is 0. The van der Waals surface area contributed by atoms with E-state index in [2.05, 4.69) is 29.4 Å². The number of ether oxygens (including phenoxy) is 1. The van der Waals surface area contributed by atoms with Gasteiger partial charge in [-0.05, 0) is 25.2 Å². The van der Waals surface area contributed by atoms with Crippen LogP contribution in [0.1, 0.15) is 33.1 Å². The van der Waals surface area contributed by atoms with Crippen molar-refractivity contribution in [3.05, 3.63) is 0 Å². The normalized spacial score (nSPS) is 22.3. The number of piperidine rings is 1. The van der Waals surface area contributed by atoms with Gasteiger partial charge in [0.2, 0.25) is 10.0 Å². The number of carbonyl (C=O) groups is 1. The number of carbonyl (C=O) groups excluding carboxylic acids is 1. The molecule has 2 aliphatic heterocycles. The molecule has 0 aliphatic carbocycles. The molecule has 0 aromatic heterocycles. The first-order valence-corrected chi connectivity index (χ1v) is 11.4. The first kappa shape index (κ1) is 21.4. The second-order valence-electron chi connectivity index (χ2n) is 7.72. The average molecular weight is 391 g/mol. The molecule has 0 aromatic rings. The molecule has 0 aromatic carbocycles.